The van der Waals surface area contributed by atoms with Gasteiger partial charge >= 0.3 is 0 Å². The monoisotopic (exact) mass is 274 g/mol. The number of aromatic nitrogens is 4. The van der Waals surface area contributed by atoms with Crippen molar-refractivity contribution >= 4 is 22.6 Å². The van der Waals surface area contributed by atoms with Crippen molar-refractivity contribution < 1.29 is 0 Å². The second kappa shape index (κ2) is 4.38. The number of hydrogen-bond acceptors (Lipinski definition) is 2. The van der Waals surface area contributed by atoms with Crippen molar-refractivity contribution in [1.29, 1.82) is 0 Å². The van der Waals surface area contributed by atoms with Crippen molar-refractivity contribution in [3.05, 3.63) is 46.8 Å². The number of aryl methyl sites for hydroxylation is 2. The van der Waals surface area contributed by atoms with Crippen molar-refractivity contribution in [2.24, 2.45) is 7.05 Å². The third kappa shape index (κ3) is 2.02. The molecule has 0 saturated carbocycles. The van der Waals surface area contributed by atoms with Crippen LogP contribution >= 0.6 is 11.6 Å². The van der Waals surface area contributed by atoms with E-state index in [4.69, 9.17) is 11.6 Å². The fraction of sp³-hybridized carbons (Fsp3) is 0.286. The highest BCUT2D eigenvalue weighted by Gasteiger charge is 2.09. The van der Waals surface area contributed by atoms with E-state index < -0.39 is 0 Å². The van der Waals surface area contributed by atoms with Crippen molar-refractivity contribution in [1.82, 2.24) is 19.1 Å². The number of hydrogen-bond donors (Lipinski definition) is 0. The molecule has 0 N–H and O–H groups in total. The highest BCUT2D eigenvalue weighted by atomic mass is 35.5. The van der Waals surface area contributed by atoms with Crippen molar-refractivity contribution in [2.45, 2.75) is 20.4 Å². The number of benzene rings is 1. The van der Waals surface area contributed by atoms with E-state index in [0.717, 1.165) is 16.9 Å². The Morgan fingerprint density at radius 1 is 1.16 bits per heavy atom. The third-order valence-corrected chi connectivity index (χ3v) is 3.93. The molecule has 0 bridgehead atoms. The Bertz CT molecular complexity index is 754. The van der Waals surface area contributed by atoms with Gasteiger partial charge in [0.05, 0.1) is 30.1 Å². The first-order valence-electron chi connectivity index (χ1n) is 6.14. The van der Waals surface area contributed by atoms with Gasteiger partial charge in [0.1, 0.15) is 11.0 Å². The van der Waals surface area contributed by atoms with Crippen LogP contribution in [0.1, 0.15) is 17.0 Å². The predicted molar refractivity (Wildman–Crippen MR) is 76.5 cm³/mol. The highest BCUT2D eigenvalue weighted by molar-refractivity contribution is 6.29. The summed E-state index contributed by atoms with van der Waals surface area (Å²) in [5.74, 6) is 0.919. The standard InChI is InChI=1S/C14H15ClN4/c1-9-4-11-12(5-10(9)2)19(8-17-11)7-14-16-6-13(15)18(14)3/h4-6,8H,7H2,1-3H3. The molecular weight excluding hydrogens is 260 g/mol. The lowest BCUT2D eigenvalue weighted by molar-refractivity contribution is 0.713. The maximum atomic E-state index is 6.01. The Hall–Kier alpha value is -1.81. The van der Waals surface area contributed by atoms with Gasteiger partial charge in [0.25, 0.3) is 0 Å². The summed E-state index contributed by atoms with van der Waals surface area (Å²) >= 11 is 6.01. The lowest BCUT2D eigenvalue weighted by Crippen LogP contribution is -2.05. The van der Waals surface area contributed by atoms with Gasteiger partial charge in [0, 0.05) is 7.05 Å². The van der Waals surface area contributed by atoms with Gasteiger partial charge in [-0.15, -0.1) is 0 Å². The SMILES string of the molecule is Cc1cc2ncn(Cc3ncc(Cl)n3C)c2cc1C. The van der Waals surface area contributed by atoms with E-state index in [0.29, 0.717) is 11.7 Å². The van der Waals surface area contributed by atoms with Crippen LogP contribution in [0.2, 0.25) is 5.15 Å². The molecule has 0 saturated heterocycles. The van der Waals surface area contributed by atoms with Crippen LogP contribution in [0.25, 0.3) is 11.0 Å². The fourth-order valence-electron chi connectivity index (χ4n) is 2.16. The first-order chi connectivity index (χ1) is 9.06. The molecule has 0 atom stereocenters. The van der Waals surface area contributed by atoms with Crippen molar-refractivity contribution in [2.75, 3.05) is 0 Å². The molecular formula is C14H15ClN4. The fourth-order valence-corrected chi connectivity index (χ4v) is 2.31. The topological polar surface area (TPSA) is 35.6 Å². The number of imidazole rings is 2. The minimum absolute atomic E-state index is 0.645. The predicted octanol–water partition coefficient (Wildman–Crippen LogP) is 3.09. The van der Waals surface area contributed by atoms with Crippen LogP contribution in [0, 0.1) is 13.8 Å². The summed E-state index contributed by atoms with van der Waals surface area (Å²) < 4.78 is 3.98. The van der Waals surface area contributed by atoms with E-state index in [9.17, 15) is 0 Å². The van der Waals surface area contributed by atoms with Gasteiger partial charge in [-0.2, -0.15) is 0 Å². The van der Waals surface area contributed by atoms with E-state index in [1.165, 1.54) is 11.1 Å². The molecule has 0 unspecified atom stereocenters. The summed E-state index contributed by atoms with van der Waals surface area (Å²) in [7, 11) is 1.92. The van der Waals surface area contributed by atoms with Crippen LogP contribution in [0.5, 0.6) is 0 Å². The van der Waals surface area contributed by atoms with Gasteiger partial charge in [-0.3, -0.25) is 0 Å². The van der Waals surface area contributed by atoms with Gasteiger partial charge in [-0.1, -0.05) is 11.6 Å². The normalized spacial score (nSPS) is 11.4. The van der Waals surface area contributed by atoms with Gasteiger partial charge in [-0.25, -0.2) is 9.97 Å². The molecule has 4 nitrogen and oxygen atoms in total. The van der Waals surface area contributed by atoms with E-state index in [-0.39, 0.29) is 0 Å². The summed E-state index contributed by atoms with van der Waals surface area (Å²) in [4.78, 5) is 8.77. The first-order valence-corrected chi connectivity index (χ1v) is 6.52. The quantitative estimate of drug-likeness (QED) is 0.720. The molecule has 3 rings (SSSR count). The van der Waals surface area contributed by atoms with Crippen molar-refractivity contribution in [3.8, 4) is 0 Å². The lowest BCUT2D eigenvalue weighted by Gasteiger charge is -2.06. The molecule has 5 heteroatoms. The van der Waals surface area contributed by atoms with Gasteiger partial charge < -0.3 is 9.13 Å². The molecule has 3 aromatic rings. The van der Waals surface area contributed by atoms with Gasteiger partial charge in [-0.05, 0) is 37.1 Å². The van der Waals surface area contributed by atoms with E-state index in [2.05, 4.69) is 40.5 Å². The lowest BCUT2D eigenvalue weighted by atomic mass is 10.1. The molecule has 2 aromatic heterocycles. The zero-order valence-electron chi connectivity index (χ0n) is 11.2. The molecule has 0 aliphatic heterocycles. The summed E-state index contributed by atoms with van der Waals surface area (Å²) in [5.41, 5.74) is 4.68. The number of rotatable bonds is 2. The Morgan fingerprint density at radius 2 is 1.89 bits per heavy atom. The zero-order valence-corrected chi connectivity index (χ0v) is 11.9. The minimum Gasteiger partial charge on any atom is -0.323 e. The van der Waals surface area contributed by atoms with Crippen molar-refractivity contribution in [3.63, 3.8) is 0 Å². The Balaban J connectivity index is 2.06. The molecule has 0 fully saturated rings. The molecule has 0 aliphatic carbocycles. The smallest absolute Gasteiger partial charge is 0.129 e. The largest absolute Gasteiger partial charge is 0.323 e. The minimum atomic E-state index is 0.645. The second-order valence-corrected chi connectivity index (χ2v) is 5.24. The molecule has 98 valence electrons. The number of nitrogens with zero attached hydrogens (tertiary/aromatic N) is 4. The summed E-state index contributed by atoms with van der Waals surface area (Å²) in [6, 6.07) is 4.29. The third-order valence-electron chi connectivity index (χ3n) is 3.58. The first kappa shape index (κ1) is 12.2. The Labute approximate surface area is 116 Å². The maximum Gasteiger partial charge on any atom is 0.129 e. The van der Waals surface area contributed by atoms with Gasteiger partial charge in [0.15, 0.2) is 0 Å². The average Bonchev–Trinajstić information content (AvgIpc) is 2.89. The van der Waals surface area contributed by atoms with Crippen LogP contribution in [-0.2, 0) is 13.6 Å². The van der Waals surface area contributed by atoms with Crippen LogP contribution in [0.15, 0.2) is 24.7 Å². The molecule has 0 aliphatic rings. The molecule has 0 amide bonds. The Kier molecular flexibility index (Phi) is 2.82. The van der Waals surface area contributed by atoms with E-state index in [1.54, 1.807) is 6.20 Å². The number of fused-ring (bicyclic) bond motifs is 1. The summed E-state index contributed by atoms with van der Waals surface area (Å²) in [6.07, 6.45) is 3.53. The van der Waals surface area contributed by atoms with E-state index >= 15 is 0 Å². The summed E-state index contributed by atoms with van der Waals surface area (Å²) in [5, 5.41) is 0.645. The van der Waals surface area contributed by atoms with Gasteiger partial charge in [0.2, 0.25) is 0 Å². The average molecular weight is 275 g/mol. The number of halogens is 1. The maximum absolute atomic E-state index is 6.01. The van der Waals surface area contributed by atoms with Crippen LogP contribution in [-0.4, -0.2) is 19.1 Å². The van der Waals surface area contributed by atoms with E-state index in [1.807, 2.05) is 17.9 Å². The van der Waals surface area contributed by atoms with Crippen LogP contribution < -0.4 is 0 Å². The zero-order chi connectivity index (χ0) is 13.6. The second-order valence-electron chi connectivity index (χ2n) is 4.85. The van der Waals surface area contributed by atoms with Crippen LogP contribution in [0.3, 0.4) is 0 Å². The molecule has 0 spiro atoms. The van der Waals surface area contributed by atoms with Crippen LogP contribution in [0.4, 0.5) is 0 Å². The highest BCUT2D eigenvalue weighted by Crippen LogP contribution is 2.19. The Morgan fingerprint density at radius 3 is 2.58 bits per heavy atom. The molecule has 0 radical (unpaired) electrons. The molecule has 19 heavy (non-hydrogen) atoms. The molecule has 1 aromatic carbocycles. The summed E-state index contributed by atoms with van der Waals surface area (Å²) in [6.45, 7) is 4.89. The molecule has 2 heterocycles.